The molecule has 0 spiro atoms. The Morgan fingerprint density at radius 2 is 2.07 bits per heavy atom. The molecule has 0 fully saturated rings. The molecule has 1 aromatic heterocycles. The summed E-state index contributed by atoms with van der Waals surface area (Å²) in [7, 11) is 1.36. The molecule has 3 rings (SSSR count). The van der Waals surface area contributed by atoms with Crippen LogP contribution in [0.5, 0.6) is 0 Å². The number of halogens is 1. The van der Waals surface area contributed by atoms with E-state index in [4.69, 9.17) is 16.3 Å². The van der Waals surface area contributed by atoms with Gasteiger partial charge in [-0.15, -0.1) is 0 Å². The molecule has 0 radical (unpaired) electrons. The minimum absolute atomic E-state index is 0.376. The number of thioether (sulfide) groups is 1. The molecular formula is C21H16ClN3O2S2. The van der Waals surface area contributed by atoms with E-state index in [1.165, 1.54) is 30.4 Å². The van der Waals surface area contributed by atoms with Gasteiger partial charge in [-0.2, -0.15) is 9.64 Å². The van der Waals surface area contributed by atoms with Gasteiger partial charge in [-0.1, -0.05) is 41.6 Å². The molecule has 0 unspecified atom stereocenters. The van der Waals surface area contributed by atoms with Crippen LogP contribution in [0.1, 0.15) is 26.4 Å². The average Bonchev–Trinajstić information content (AvgIpc) is 3.15. The third-order valence-corrected chi connectivity index (χ3v) is 6.23. The number of nitrogens with zero attached hydrogens (tertiary/aromatic N) is 3. The molecule has 0 atom stereocenters. The highest BCUT2D eigenvalue weighted by Crippen LogP contribution is 2.31. The lowest BCUT2D eigenvalue weighted by Gasteiger charge is -2.06. The minimum Gasteiger partial charge on any atom is -0.465 e. The molecule has 5 nitrogen and oxygen atoms in total. The maximum absolute atomic E-state index is 11.9. The molecule has 8 heteroatoms. The van der Waals surface area contributed by atoms with Gasteiger partial charge in [0.15, 0.2) is 0 Å². The van der Waals surface area contributed by atoms with Crippen LogP contribution in [-0.2, 0) is 16.9 Å². The van der Waals surface area contributed by atoms with Crippen LogP contribution in [0.25, 0.3) is 0 Å². The van der Waals surface area contributed by atoms with Crippen LogP contribution in [0.3, 0.4) is 0 Å². The van der Waals surface area contributed by atoms with Crippen molar-refractivity contribution >= 4 is 52.8 Å². The van der Waals surface area contributed by atoms with Crippen LogP contribution < -0.4 is 0 Å². The van der Waals surface area contributed by atoms with Crippen LogP contribution in [0, 0.1) is 11.3 Å². The molecule has 3 aromatic rings. The topological polar surface area (TPSA) is 75.3 Å². The summed E-state index contributed by atoms with van der Waals surface area (Å²) in [6, 6.07) is 16.7. The first-order valence-electron chi connectivity index (χ1n) is 8.58. The summed E-state index contributed by atoms with van der Waals surface area (Å²) in [4.78, 5) is 17.2. The van der Waals surface area contributed by atoms with Gasteiger partial charge < -0.3 is 4.74 Å². The van der Waals surface area contributed by atoms with Crippen LogP contribution in [0.15, 0.2) is 58.5 Å². The fourth-order valence-electron chi connectivity index (χ4n) is 2.52. The van der Waals surface area contributed by atoms with Crippen LogP contribution in [0.4, 0.5) is 5.69 Å². The number of ether oxygens (including phenoxy) is 1. The minimum atomic E-state index is -0.376. The molecular weight excluding hydrogens is 426 g/mol. The first-order chi connectivity index (χ1) is 14.1. The zero-order valence-corrected chi connectivity index (χ0v) is 17.9. The molecule has 0 amide bonds. The van der Waals surface area contributed by atoms with Crippen molar-refractivity contribution in [3.05, 3.63) is 75.1 Å². The van der Waals surface area contributed by atoms with Gasteiger partial charge in [0.1, 0.15) is 16.7 Å². The van der Waals surface area contributed by atoms with Crippen molar-refractivity contribution in [2.45, 2.75) is 17.2 Å². The molecule has 0 saturated carbocycles. The van der Waals surface area contributed by atoms with Gasteiger partial charge in [0.25, 0.3) is 0 Å². The summed E-state index contributed by atoms with van der Waals surface area (Å²) in [5, 5.41) is 10.9. The van der Waals surface area contributed by atoms with Crippen molar-refractivity contribution in [1.29, 1.82) is 5.26 Å². The summed E-state index contributed by atoms with van der Waals surface area (Å²) >= 11 is 8.59. The molecule has 0 saturated heterocycles. The smallest absolute Gasteiger partial charge is 0.338 e. The van der Waals surface area contributed by atoms with E-state index in [-0.39, 0.29) is 5.97 Å². The van der Waals surface area contributed by atoms with Crippen molar-refractivity contribution in [3.8, 4) is 6.07 Å². The zero-order chi connectivity index (χ0) is 20.6. The highest BCUT2D eigenvalue weighted by atomic mass is 35.5. The second kappa shape index (κ2) is 10.2. The number of rotatable bonds is 7. The van der Waals surface area contributed by atoms with Crippen LogP contribution >= 0.6 is 34.9 Å². The van der Waals surface area contributed by atoms with Crippen molar-refractivity contribution in [2.75, 3.05) is 7.11 Å². The summed E-state index contributed by atoms with van der Waals surface area (Å²) in [5.41, 5.74) is 2.71. The van der Waals surface area contributed by atoms with Crippen molar-refractivity contribution in [2.24, 2.45) is 4.99 Å². The number of aromatic nitrogens is 1. The van der Waals surface area contributed by atoms with E-state index in [1.807, 2.05) is 24.3 Å². The molecule has 146 valence electrons. The average molecular weight is 442 g/mol. The Morgan fingerprint density at radius 3 is 2.79 bits per heavy atom. The van der Waals surface area contributed by atoms with E-state index in [1.54, 1.807) is 30.5 Å². The largest absolute Gasteiger partial charge is 0.465 e. The third kappa shape index (κ3) is 5.45. The van der Waals surface area contributed by atoms with Gasteiger partial charge in [-0.25, -0.2) is 4.79 Å². The van der Waals surface area contributed by atoms with E-state index in [2.05, 4.69) is 15.4 Å². The van der Waals surface area contributed by atoms with Crippen LogP contribution in [-0.4, -0.2) is 23.7 Å². The predicted octanol–water partition coefficient (Wildman–Crippen LogP) is 5.69. The molecule has 0 aliphatic heterocycles. The number of methoxy groups -OCH3 is 1. The zero-order valence-electron chi connectivity index (χ0n) is 15.5. The van der Waals surface area contributed by atoms with Gasteiger partial charge >= 0.3 is 5.97 Å². The Hall–Kier alpha value is -2.66. The molecule has 2 aromatic carbocycles. The maximum Gasteiger partial charge on any atom is 0.338 e. The first kappa shape index (κ1) is 21.1. The maximum atomic E-state index is 11.9. The van der Waals surface area contributed by atoms with Gasteiger partial charge in [0.05, 0.1) is 18.4 Å². The predicted molar refractivity (Wildman–Crippen MR) is 117 cm³/mol. The van der Waals surface area contributed by atoms with Crippen molar-refractivity contribution in [3.63, 3.8) is 0 Å². The highest BCUT2D eigenvalue weighted by Gasteiger charge is 2.16. The molecule has 0 bridgehead atoms. The number of esters is 1. The third-order valence-electron chi connectivity index (χ3n) is 3.97. The molecule has 0 aliphatic rings. The lowest BCUT2D eigenvalue weighted by molar-refractivity contribution is 0.0600. The fourth-order valence-corrected chi connectivity index (χ4v) is 4.56. The van der Waals surface area contributed by atoms with E-state index < -0.39 is 0 Å². The summed E-state index contributed by atoms with van der Waals surface area (Å²) < 4.78 is 9.25. The van der Waals surface area contributed by atoms with Crippen molar-refractivity contribution < 1.29 is 9.53 Å². The van der Waals surface area contributed by atoms with E-state index in [0.29, 0.717) is 33.3 Å². The number of nitriles is 1. The Bertz CT molecular complexity index is 1070. The summed E-state index contributed by atoms with van der Waals surface area (Å²) in [5.74, 6) is 0.140. The molecule has 0 aliphatic carbocycles. The Balaban J connectivity index is 1.69. The monoisotopic (exact) mass is 441 g/mol. The number of benzene rings is 2. The summed E-state index contributed by atoms with van der Waals surface area (Å²) in [6.45, 7) is 0. The second-order valence-corrected chi connectivity index (χ2v) is 8.09. The van der Waals surface area contributed by atoms with Gasteiger partial charge in [0, 0.05) is 28.3 Å². The number of carbonyl (C=O) groups is 1. The lowest BCUT2D eigenvalue weighted by atomic mass is 10.1. The summed E-state index contributed by atoms with van der Waals surface area (Å²) in [6.07, 6.45) is 2.28. The second-order valence-electron chi connectivity index (χ2n) is 5.83. The first-order valence-corrected chi connectivity index (χ1v) is 10.7. The highest BCUT2D eigenvalue weighted by molar-refractivity contribution is 7.98. The quantitative estimate of drug-likeness (QED) is 0.267. The molecule has 1 heterocycles. The normalized spacial score (nSPS) is 10.8. The van der Waals surface area contributed by atoms with Crippen LogP contribution in [0.2, 0.25) is 5.02 Å². The number of carbonyl (C=O) groups excluding carboxylic acids is 1. The van der Waals surface area contributed by atoms with E-state index in [9.17, 15) is 10.1 Å². The lowest BCUT2D eigenvalue weighted by Crippen LogP contribution is -2.04. The fraction of sp³-hybridized carbons (Fsp3) is 0.143. The van der Waals surface area contributed by atoms with Gasteiger partial charge in [-0.3, -0.25) is 4.99 Å². The standard InChI is InChI=1S/C21H16ClN3O2S2/c1-27-21(26)17-5-3-2-4-14(17)13-28-20-18(12-23)19(29-25-20)10-11-24-16-8-6-15(22)7-9-16/h2-9,11H,10,13H2,1H3. The number of hydrogen-bond donors (Lipinski definition) is 0. The SMILES string of the molecule is COC(=O)c1ccccc1CSc1nsc(CC=Nc2ccc(Cl)cc2)c1C#N. The number of hydrogen-bond acceptors (Lipinski definition) is 7. The van der Waals surface area contributed by atoms with E-state index >= 15 is 0 Å². The molecule has 29 heavy (non-hydrogen) atoms. The van der Waals surface area contributed by atoms with Gasteiger partial charge in [0.2, 0.25) is 0 Å². The van der Waals surface area contributed by atoms with Crippen molar-refractivity contribution in [1.82, 2.24) is 4.37 Å². The van der Waals surface area contributed by atoms with E-state index in [0.717, 1.165) is 16.1 Å². The Kier molecular flexibility index (Phi) is 7.42. The Labute approximate surface area is 182 Å². The Morgan fingerprint density at radius 1 is 1.31 bits per heavy atom. The molecule has 0 N–H and O–H groups in total. The number of aliphatic imine (C=N–C) groups is 1. The van der Waals surface area contributed by atoms with Gasteiger partial charge in [-0.05, 0) is 47.4 Å².